The van der Waals surface area contributed by atoms with Crippen molar-refractivity contribution in [3.8, 4) is 0 Å². The molecule has 0 aliphatic carbocycles. The van der Waals surface area contributed by atoms with Gasteiger partial charge in [-0.25, -0.2) is 0 Å². The monoisotopic (exact) mass is 328 g/mol. The second-order valence-electron chi connectivity index (χ2n) is 5.60. The van der Waals surface area contributed by atoms with Gasteiger partial charge in [-0.05, 0) is 25.0 Å². The van der Waals surface area contributed by atoms with Crippen LogP contribution >= 0.6 is 0 Å². The number of hydrogen-bond donors (Lipinski definition) is 1. The molecule has 4 nitrogen and oxygen atoms in total. The van der Waals surface area contributed by atoms with Gasteiger partial charge in [-0.2, -0.15) is 23.3 Å². The van der Waals surface area contributed by atoms with Gasteiger partial charge in [-0.3, -0.25) is 4.79 Å². The molecular weight excluding hydrogens is 309 g/mol. The molecule has 0 saturated heterocycles. The molecule has 1 aromatic rings. The van der Waals surface area contributed by atoms with Crippen molar-refractivity contribution in [2.24, 2.45) is 5.10 Å². The Hall–Kier alpha value is -1.89. The summed E-state index contributed by atoms with van der Waals surface area (Å²) in [6.07, 6.45) is -2.88. The van der Waals surface area contributed by atoms with Crippen LogP contribution in [0.4, 0.5) is 13.2 Å². The van der Waals surface area contributed by atoms with Gasteiger partial charge < -0.3 is 5.11 Å². The zero-order valence-electron chi connectivity index (χ0n) is 12.8. The second-order valence-corrected chi connectivity index (χ2v) is 5.60. The number of aliphatic hydroxyl groups is 1. The maximum Gasteiger partial charge on any atom is 0.438 e. The third kappa shape index (κ3) is 3.55. The van der Waals surface area contributed by atoms with Gasteiger partial charge in [-0.15, -0.1) is 0 Å². The number of carbonyl (C=O) groups excluding carboxylic acids is 1. The second kappa shape index (κ2) is 6.70. The number of amides is 1. The largest absolute Gasteiger partial charge is 0.438 e. The molecule has 0 bridgehead atoms. The summed E-state index contributed by atoms with van der Waals surface area (Å²) in [6, 6.07) is 7.52. The van der Waals surface area contributed by atoms with E-state index in [0.717, 1.165) is 12.8 Å². The Labute approximate surface area is 132 Å². The van der Waals surface area contributed by atoms with Crippen molar-refractivity contribution in [3.63, 3.8) is 0 Å². The van der Waals surface area contributed by atoms with Gasteiger partial charge >= 0.3 is 6.18 Å². The quantitative estimate of drug-likeness (QED) is 0.838. The maximum atomic E-state index is 13.3. The number of rotatable bonds is 5. The van der Waals surface area contributed by atoms with Crippen molar-refractivity contribution < 1.29 is 23.1 Å². The van der Waals surface area contributed by atoms with E-state index in [1.807, 2.05) is 6.92 Å². The van der Waals surface area contributed by atoms with Crippen LogP contribution in [0.3, 0.4) is 0 Å². The molecule has 0 radical (unpaired) electrons. The maximum absolute atomic E-state index is 13.3. The summed E-state index contributed by atoms with van der Waals surface area (Å²) >= 11 is 0. The van der Waals surface area contributed by atoms with Gasteiger partial charge in [0, 0.05) is 17.7 Å². The normalized spacial score (nSPS) is 21.4. The van der Waals surface area contributed by atoms with Crippen LogP contribution in [-0.2, 0) is 0 Å². The third-order valence-corrected chi connectivity index (χ3v) is 3.78. The first-order valence-electron chi connectivity index (χ1n) is 7.54. The van der Waals surface area contributed by atoms with E-state index in [-0.39, 0.29) is 16.3 Å². The van der Waals surface area contributed by atoms with Crippen molar-refractivity contribution >= 4 is 11.6 Å². The van der Waals surface area contributed by atoms with Crippen molar-refractivity contribution in [3.05, 3.63) is 35.9 Å². The lowest BCUT2D eigenvalue weighted by Crippen LogP contribution is -2.56. The summed E-state index contributed by atoms with van der Waals surface area (Å²) in [5, 5.41) is 14.1. The molecule has 1 aromatic carbocycles. The van der Waals surface area contributed by atoms with Crippen LogP contribution in [0.1, 0.15) is 49.4 Å². The van der Waals surface area contributed by atoms with Crippen molar-refractivity contribution in [2.75, 3.05) is 0 Å². The molecule has 1 aliphatic rings. The van der Waals surface area contributed by atoms with E-state index in [9.17, 15) is 23.1 Å². The lowest BCUT2D eigenvalue weighted by atomic mass is 10.0. The Morgan fingerprint density at radius 3 is 2.52 bits per heavy atom. The SMILES string of the molecule is CCCCCC1=NN(C(=O)c2ccccc2)[C@](O)(C(F)(F)F)C1. The smallest absolute Gasteiger partial charge is 0.362 e. The van der Waals surface area contributed by atoms with Crippen molar-refractivity contribution in [1.82, 2.24) is 5.01 Å². The highest BCUT2D eigenvalue weighted by molar-refractivity contribution is 5.98. The molecule has 1 aliphatic heterocycles. The first-order valence-corrected chi connectivity index (χ1v) is 7.54. The van der Waals surface area contributed by atoms with E-state index < -0.39 is 24.2 Å². The lowest BCUT2D eigenvalue weighted by Gasteiger charge is -2.32. The van der Waals surface area contributed by atoms with E-state index in [0.29, 0.717) is 12.8 Å². The van der Waals surface area contributed by atoms with Gasteiger partial charge in [0.1, 0.15) is 0 Å². The highest BCUT2D eigenvalue weighted by Crippen LogP contribution is 2.41. The van der Waals surface area contributed by atoms with Crippen LogP contribution in [0.25, 0.3) is 0 Å². The summed E-state index contributed by atoms with van der Waals surface area (Å²) in [4.78, 5) is 12.3. The lowest BCUT2D eigenvalue weighted by molar-refractivity contribution is -0.297. The fourth-order valence-electron chi connectivity index (χ4n) is 2.47. The molecule has 1 atom stereocenters. The topological polar surface area (TPSA) is 52.9 Å². The van der Waals surface area contributed by atoms with E-state index >= 15 is 0 Å². The van der Waals surface area contributed by atoms with Gasteiger partial charge in [0.05, 0.1) is 0 Å². The van der Waals surface area contributed by atoms with E-state index in [1.54, 1.807) is 18.2 Å². The van der Waals surface area contributed by atoms with Crippen LogP contribution in [0.15, 0.2) is 35.4 Å². The predicted octanol–water partition coefficient (Wildman–Crippen LogP) is 3.72. The van der Waals surface area contributed by atoms with Crippen LogP contribution in [0, 0.1) is 0 Å². The minimum absolute atomic E-state index is 0.0498. The Morgan fingerprint density at radius 1 is 1.30 bits per heavy atom. The Morgan fingerprint density at radius 2 is 1.96 bits per heavy atom. The Balaban J connectivity index is 2.28. The van der Waals surface area contributed by atoms with Crippen molar-refractivity contribution in [2.45, 2.75) is 50.9 Å². The molecule has 0 saturated carbocycles. The zero-order valence-corrected chi connectivity index (χ0v) is 12.8. The van der Waals surface area contributed by atoms with Gasteiger partial charge in [0.15, 0.2) is 0 Å². The predicted molar refractivity (Wildman–Crippen MR) is 79.8 cm³/mol. The van der Waals surface area contributed by atoms with Gasteiger partial charge in [0.25, 0.3) is 11.6 Å². The highest BCUT2D eigenvalue weighted by atomic mass is 19.4. The number of hydrazone groups is 1. The van der Waals surface area contributed by atoms with Crippen LogP contribution in [-0.4, -0.2) is 33.6 Å². The Bertz CT molecular complexity index is 587. The third-order valence-electron chi connectivity index (χ3n) is 3.78. The Kier molecular flexibility index (Phi) is 5.09. The van der Waals surface area contributed by atoms with Crippen LogP contribution < -0.4 is 0 Å². The molecule has 126 valence electrons. The summed E-state index contributed by atoms with van der Waals surface area (Å²) < 4.78 is 39.9. The molecule has 2 rings (SSSR count). The fourth-order valence-corrected chi connectivity index (χ4v) is 2.47. The molecular formula is C16H19F3N2O2. The number of benzene rings is 1. The first kappa shape index (κ1) is 17.5. The van der Waals surface area contributed by atoms with Gasteiger partial charge in [-0.1, -0.05) is 38.0 Å². The first-order chi connectivity index (χ1) is 10.8. The minimum Gasteiger partial charge on any atom is -0.362 e. The minimum atomic E-state index is -4.98. The van der Waals surface area contributed by atoms with Crippen molar-refractivity contribution in [1.29, 1.82) is 0 Å². The molecule has 0 aromatic heterocycles. The summed E-state index contributed by atoms with van der Waals surface area (Å²) in [7, 11) is 0. The summed E-state index contributed by atoms with van der Waals surface area (Å²) in [5.74, 6) is -0.962. The van der Waals surface area contributed by atoms with Gasteiger partial charge in [0.2, 0.25) is 0 Å². The molecule has 7 heteroatoms. The average Bonchev–Trinajstić information content (AvgIpc) is 2.86. The standard InChI is InChI=1S/C16H19F3N2O2/c1-2-3-5-10-13-11-15(23,16(17,18)19)21(20-13)14(22)12-8-6-4-7-9-12/h4,6-9,23H,2-3,5,10-11H2,1H3/t15-/m1/s1. The number of alkyl halides is 3. The average molecular weight is 328 g/mol. The van der Waals surface area contributed by atoms with E-state index in [1.165, 1.54) is 12.1 Å². The zero-order chi connectivity index (χ0) is 17.1. The van der Waals surface area contributed by atoms with E-state index in [4.69, 9.17) is 0 Å². The molecule has 1 N–H and O–H groups in total. The highest BCUT2D eigenvalue weighted by Gasteiger charge is 2.63. The van der Waals surface area contributed by atoms with E-state index in [2.05, 4.69) is 5.10 Å². The molecule has 0 spiro atoms. The molecule has 0 fully saturated rings. The molecule has 1 heterocycles. The number of halogens is 3. The van der Waals surface area contributed by atoms with Crippen LogP contribution in [0.5, 0.6) is 0 Å². The summed E-state index contributed by atoms with van der Waals surface area (Å²) in [6.45, 7) is 1.98. The molecule has 0 unspecified atom stereocenters. The summed E-state index contributed by atoms with van der Waals surface area (Å²) in [5.41, 5.74) is -3.03. The molecule has 1 amide bonds. The molecule has 23 heavy (non-hydrogen) atoms. The number of hydrogen-bond acceptors (Lipinski definition) is 3. The van der Waals surface area contributed by atoms with Crippen LogP contribution in [0.2, 0.25) is 0 Å². The number of carbonyl (C=O) groups is 1. The number of nitrogens with zero attached hydrogens (tertiary/aromatic N) is 2. The fraction of sp³-hybridized carbons (Fsp3) is 0.500. The number of unbranched alkanes of at least 4 members (excludes halogenated alkanes) is 2.